The smallest absolute Gasteiger partial charge is 0.326 e. The lowest BCUT2D eigenvalue weighted by Gasteiger charge is -2.11. The molecule has 1 atom stereocenters. The summed E-state index contributed by atoms with van der Waals surface area (Å²) in [5.74, 6) is -4.99. The molecule has 0 unspecified atom stereocenters. The maximum Gasteiger partial charge on any atom is 0.326 e. The summed E-state index contributed by atoms with van der Waals surface area (Å²) in [5.41, 5.74) is 0. The highest BCUT2D eigenvalue weighted by Gasteiger charge is 2.26. The van der Waals surface area contributed by atoms with Gasteiger partial charge in [0.25, 0.3) is 5.91 Å². The van der Waals surface area contributed by atoms with Crippen LogP contribution < -0.4 is 5.32 Å². The van der Waals surface area contributed by atoms with Crippen LogP contribution in [0.1, 0.15) is 6.42 Å². The molecule has 0 aliphatic heterocycles. The Kier molecular flexibility index (Phi) is 4.47. The molecule has 0 aromatic heterocycles. The third kappa shape index (κ3) is 4.33. The summed E-state index contributed by atoms with van der Waals surface area (Å²) in [5, 5.41) is 17.9. The van der Waals surface area contributed by atoms with Crippen LogP contribution in [0.2, 0.25) is 0 Å². The van der Waals surface area contributed by atoms with Gasteiger partial charge in [0.1, 0.15) is 6.04 Å². The number of carboxylic acid groups (broad SMARTS) is 2. The topological polar surface area (TPSA) is 104 Å². The molecule has 0 aromatic rings. The molecule has 0 saturated carbocycles. The highest BCUT2D eigenvalue weighted by molar-refractivity contribution is 5.87. The lowest BCUT2D eigenvalue weighted by molar-refractivity contribution is -0.148. The Bertz CT molecular complexity index is 255. The molecule has 14 heavy (non-hydrogen) atoms. The van der Waals surface area contributed by atoms with Gasteiger partial charge in [-0.05, 0) is 0 Å². The van der Waals surface area contributed by atoms with Crippen molar-refractivity contribution in [2.75, 3.05) is 0 Å². The second kappa shape index (κ2) is 5.10. The number of rotatable bonds is 5. The number of aliphatic carboxylic acids is 2. The Hall–Kier alpha value is -1.73. The zero-order valence-corrected chi connectivity index (χ0v) is 6.74. The van der Waals surface area contributed by atoms with Crippen molar-refractivity contribution in [3.63, 3.8) is 0 Å². The van der Waals surface area contributed by atoms with E-state index in [1.54, 1.807) is 0 Å². The molecule has 80 valence electrons. The molecule has 0 bridgehead atoms. The van der Waals surface area contributed by atoms with Crippen LogP contribution in [-0.4, -0.2) is 40.5 Å². The Morgan fingerprint density at radius 2 is 1.71 bits per heavy atom. The third-order valence-corrected chi connectivity index (χ3v) is 1.19. The van der Waals surface area contributed by atoms with E-state index in [1.807, 2.05) is 0 Å². The molecule has 0 rings (SSSR count). The van der Waals surface area contributed by atoms with Crippen molar-refractivity contribution in [2.45, 2.75) is 18.9 Å². The van der Waals surface area contributed by atoms with Crippen LogP contribution in [0.3, 0.4) is 0 Å². The first-order chi connectivity index (χ1) is 6.34. The lowest BCUT2D eigenvalue weighted by Crippen LogP contribution is -2.44. The van der Waals surface area contributed by atoms with Gasteiger partial charge in [-0.3, -0.25) is 9.59 Å². The summed E-state index contributed by atoms with van der Waals surface area (Å²) in [7, 11) is 0. The molecular formula is C6H7F2NO5. The van der Waals surface area contributed by atoms with Crippen LogP contribution in [0, 0.1) is 0 Å². The Balaban J connectivity index is 4.31. The normalized spacial score (nSPS) is 12.2. The fraction of sp³-hybridized carbons (Fsp3) is 0.500. The molecule has 0 aliphatic rings. The molecule has 0 aliphatic carbocycles. The van der Waals surface area contributed by atoms with Crippen LogP contribution >= 0.6 is 0 Å². The summed E-state index contributed by atoms with van der Waals surface area (Å²) < 4.78 is 23.3. The minimum absolute atomic E-state index is 0.951. The van der Waals surface area contributed by atoms with Gasteiger partial charge < -0.3 is 15.5 Å². The van der Waals surface area contributed by atoms with E-state index in [4.69, 9.17) is 10.2 Å². The number of nitrogens with one attached hydrogen (secondary N) is 1. The number of amides is 1. The lowest BCUT2D eigenvalue weighted by atomic mass is 10.2. The number of halogens is 2. The Morgan fingerprint density at radius 3 is 2.00 bits per heavy atom. The summed E-state index contributed by atoms with van der Waals surface area (Å²) in [6.07, 6.45) is -4.32. The number of carboxylic acids is 2. The van der Waals surface area contributed by atoms with Gasteiger partial charge >= 0.3 is 18.4 Å². The molecule has 6 nitrogen and oxygen atoms in total. The molecule has 0 radical (unpaired) electrons. The van der Waals surface area contributed by atoms with Crippen molar-refractivity contribution in [2.24, 2.45) is 0 Å². The first-order valence-electron chi connectivity index (χ1n) is 3.37. The van der Waals surface area contributed by atoms with Crippen LogP contribution in [0.25, 0.3) is 0 Å². The molecular weight excluding hydrogens is 204 g/mol. The van der Waals surface area contributed by atoms with Gasteiger partial charge in [0.15, 0.2) is 0 Å². The van der Waals surface area contributed by atoms with E-state index in [1.165, 1.54) is 5.32 Å². The molecule has 0 spiro atoms. The van der Waals surface area contributed by atoms with Crippen molar-refractivity contribution in [1.82, 2.24) is 5.32 Å². The van der Waals surface area contributed by atoms with E-state index in [0.29, 0.717) is 0 Å². The number of carbonyl (C=O) groups excluding carboxylic acids is 1. The monoisotopic (exact) mass is 211 g/mol. The first kappa shape index (κ1) is 12.3. The molecule has 1 amide bonds. The number of alkyl halides is 2. The maximum atomic E-state index is 11.6. The highest BCUT2D eigenvalue weighted by Crippen LogP contribution is 1.97. The van der Waals surface area contributed by atoms with Crippen molar-refractivity contribution >= 4 is 17.8 Å². The van der Waals surface area contributed by atoms with E-state index in [-0.39, 0.29) is 0 Å². The molecule has 0 saturated heterocycles. The van der Waals surface area contributed by atoms with Gasteiger partial charge in [0, 0.05) is 0 Å². The average molecular weight is 211 g/mol. The minimum Gasteiger partial charge on any atom is -0.481 e. The average Bonchev–Trinajstić information content (AvgIpc) is 2.01. The largest absolute Gasteiger partial charge is 0.481 e. The standard InChI is InChI=1S/C6H7F2NO5/c7-4(8)5(12)9-2(6(13)14)1-3(10)11/h2,4H,1H2,(H,9,12)(H,10,11)(H,13,14)/t2-/m0/s1. The van der Waals surface area contributed by atoms with Gasteiger partial charge in [-0.25, -0.2) is 4.79 Å². The van der Waals surface area contributed by atoms with Crippen molar-refractivity contribution in [1.29, 1.82) is 0 Å². The van der Waals surface area contributed by atoms with Crippen molar-refractivity contribution < 1.29 is 33.4 Å². The highest BCUT2D eigenvalue weighted by atomic mass is 19.3. The van der Waals surface area contributed by atoms with E-state index in [9.17, 15) is 23.2 Å². The predicted octanol–water partition coefficient (Wildman–Crippen LogP) is -0.704. The number of hydrogen-bond acceptors (Lipinski definition) is 3. The van der Waals surface area contributed by atoms with Crippen LogP contribution in [0.15, 0.2) is 0 Å². The SMILES string of the molecule is O=C(O)C[C@H](NC(=O)C(F)F)C(=O)O. The first-order valence-corrected chi connectivity index (χ1v) is 3.37. The fourth-order valence-electron chi connectivity index (χ4n) is 0.609. The van der Waals surface area contributed by atoms with Crippen LogP contribution in [0.4, 0.5) is 8.78 Å². The van der Waals surface area contributed by atoms with E-state index in [0.717, 1.165) is 0 Å². The van der Waals surface area contributed by atoms with E-state index >= 15 is 0 Å². The summed E-state index contributed by atoms with van der Waals surface area (Å²) >= 11 is 0. The quantitative estimate of drug-likeness (QED) is 0.557. The minimum atomic E-state index is -3.37. The summed E-state index contributed by atoms with van der Waals surface area (Å²) in [6.45, 7) is 0. The Morgan fingerprint density at radius 1 is 1.21 bits per heavy atom. The van der Waals surface area contributed by atoms with Crippen LogP contribution in [-0.2, 0) is 14.4 Å². The predicted molar refractivity (Wildman–Crippen MR) is 37.8 cm³/mol. The molecule has 0 aromatic carbocycles. The Labute approximate surface area is 76.5 Å². The van der Waals surface area contributed by atoms with Crippen molar-refractivity contribution in [3.8, 4) is 0 Å². The van der Waals surface area contributed by atoms with Gasteiger partial charge in [-0.1, -0.05) is 0 Å². The second-order valence-corrected chi connectivity index (χ2v) is 2.30. The number of hydrogen-bond donors (Lipinski definition) is 3. The second-order valence-electron chi connectivity index (χ2n) is 2.30. The fourth-order valence-corrected chi connectivity index (χ4v) is 0.609. The summed E-state index contributed by atoms with van der Waals surface area (Å²) in [4.78, 5) is 30.7. The molecule has 8 heteroatoms. The third-order valence-electron chi connectivity index (χ3n) is 1.19. The van der Waals surface area contributed by atoms with E-state index < -0.39 is 36.7 Å². The van der Waals surface area contributed by atoms with Crippen molar-refractivity contribution in [3.05, 3.63) is 0 Å². The maximum absolute atomic E-state index is 11.6. The molecule has 0 fully saturated rings. The summed E-state index contributed by atoms with van der Waals surface area (Å²) in [6, 6.07) is -1.84. The van der Waals surface area contributed by atoms with Gasteiger partial charge in [-0.15, -0.1) is 0 Å². The van der Waals surface area contributed by atoms with Gasteiger partial charge in [0.05, 0.1) is 6.42 Å². The zero-order valence-electron chi connectivity index (χ0n) is 6.74. The van der Waals surface area contributed by atoms with E-state index in [2.05, 4.69) is 0 Å². The molecule has 0 heterocycles. The van der Waals surface area contributed by atoms with Gasteiger partial charge in [-0.2, -0.15) is 8.78 Å². The van der Waals surface area contributed by atoms with Crippen LogP contribution in [0.5, 0.6) is 0 Å². The number of carbonyl (C=O) groups is 3. The molecule has 3 N–H and O–H groups in total. The zero-order chi connectivity index (χ0) is 11.3. The van der Waals surface area contributed by atoms with Gasteiger partial charge in [0.2, 0.25) is 0 Å².